The van der Waals surface area contributed by atoms with Crippen LogP contribution in [0.25, 0.3) is 0 Å². The van der Waals surface area contributed by atoms with E-state index in [2.05, 4.69) is 11.0 Å². The van der Waals surface area contributed by atoms with Gasteiger partial charge in [-0.05, 0) is 62.3 Å². The number of thiophene rings is 1. The molecule has 2 aromatic rings. The van der Waals surface area contributed by atoms with E-state index < -0.39 is 0 Å². The smallest absolute Gasteiger partial charge is 0.263 e. The zero-order chi connectivity index (χ0) is 19.3. The molecule has 0 bridgehead atoms. The van der Waals surface area contributed by atoms with Gasteiger partial charge in [0.1, 0.15) is 11.9 Å². The number of hydrogen-bond acceptors (Lipinski definition) is 4. The van der Waals surface area contributed by atoms with Gasteiger partial charge in [-0.1, -0.05) is 18.0 Å². The van der Waals surface area contributed by atoms with Crippen molar-refractivity contribution in [1.82, 2.24) is 9.80 Å². The van der Waals surface area contributed by atoms with Crippen LogP contribution < -0.4 is 4.74 Å². The maximum atomic E-state index is 12.9. The lowest BCUT2D eigenvalue weighted by atomic mass is 10.1. The maximum Gasteiger partial charge on any atom is 0.263 e. The number of hydrogen-bond donors (Lipinski definition) is 0. The number of likely N-dealkylation sites (tertiary alicyclic amines) is 2. The van der Waals surface area contributed by atoms with Crippen LogP contribution in [0.15, 0.2) is 36.4 Å². The second-order valence-corrected chi connectivity index (χ2v) is 9.27. The quantitative estimate of drug-likeness (QED) is 0.679. The first-order valence-corrected chi connectivity index (χ1v) is 11.4. The number of benzene rings is 1. The first-order valence-electron chi connectivity index (χ1n) is 10.2. The Morgan fingerprint density at radius 1 is 1.00 bits per heavy atom. The summed E-state index contributed by atoms with van der Waals surface area (Å²) in [5.74, 6) is 1.01. The monoisotopic (exact) mass is 418 g/mol. The molecule has 0 N–H and O–H groups in total. The molecule has 0 aliphatic carbocycles. The molecular weight excluding hydrogens is 392 g/mol. The Balaban J connectivity index is 1.27. The SMILES string of the molecule is O=C(c1ccc(CN2CCCCC2)s1)N1CCC(Oc2ccc(Cl)cc2)CC1. The van der Waals surface area contributed by atoms with Gasteiger partial charge < -0.3 is 9.64 Å². The number of piperidine rings is 2. The van der Waals surface area contributed by atoms with Crippen molar-refractivity contribution < 1.29 is 9.53 Å². The van der Waals surface area contributed by atoms with Gasteiger partial charge in [0, 0.05) is 42.4 Å². The molecule has 28 heavy (non-hydrogen) atoms. The van der Waals surface area contributed by atoms with E-state index in [1.54, 1.807) is 11.3 Å². The summed E-state index contributed by atoms with van der Waals surface area (Å²) in [5, 5.41) is 0.711. The minimum atomic E-state index is 0.156. The molecule has 2 aliphatic heterocycles. The van der Waals surface area contributed by atoms with Crippen molar-refractivity contribution in [2.45, 2.75) is 44.8 Å². The molecular formula is C22H27ClN2O2S. The Morgan fingerprint density at radius 3 is 2.43 bits per heavy atom. The average Bonchev–Trinajstić information content (AvgIpc) is 3.19. The van der Waals surface area contributed by atoms with E-state index in [0.717, 1.165) is 43.1 Å². The van der Waals surface area contributed by atoms with Crippen molar-refractivity contribution in [2.24, 2.45) is 0 Å². The molecule has 0 unspecified atom stereocenters. The van der Waals surface area contributed by atoms with Gasteiger partial charge in [-0.25, -0.2) is 0 Å². The maximum absolute atomic E-state index is 12.9. The highest BCUT2D eigenvalue weighted by Gasteiger charge is 2.25. The van der Waals surface area contributed by atoms with Gasteiger partial charge in [-0.15, -0.1) is 11.3 Å². The molecule has 1 aromatic heterocycles. The number of rotatable bonds is 5. The first-order chi connectivity index (χ1) is 13.7. The molecule has 4 rings (SSSR count). The second kappa shape index (κ2) is 9.29. The Hall–Kier alpha value is -1.56. The van der Waals surface area contributed by atoms with Crippen LogP contribution in [-0.2, 0) is 6.54 Å². The molecule has 0 radical (unpaired) electrons. The lowest BCUT2D eigenvalue weighted by Crippen LogP contribution is -2.41. The third-order valence-corrected chi connectivity index (χ3v) is 6.86. The van der Waals surface area contributed by atoms with Crippen LogP contribution in [0.2, 0.25) is 5.02 Å². The Bertz CT molecular complexity index is 778. The lowest BCUT2D eigenvalue weighted by Gasteiger charge is -2.32. The second-order valence-electron chi connectivity index (χ2n) is 7.67. The summed E-state index contributed by atoms with van der Waals surface area (Å²) < 4.78 is 6.03. The van der Waals surface area contributed by atoms with Crippen LogP contribution in [0.1, 0.15) is 46.7 Å². The minimum Gasteiger partial charge on any atom is -0.490 e. The van der Waals surface area contributed by atoms with Crippen molar-refractivity contribution in [2.75, 3.05) is 26.2 Å². The molecule has 6 heteroatoms. The van der Waals surface area contributed by atoms with E-state index in [0.29, 0.717) is 5.02 Å². The van der Waals surface area contributed by atoms with E-state index in [1.807, 2.05) is 35.2 Å². The van der Waals surface area contributed by atoms with Crippen LogP contribution >= 0.6 is 22.9 Å². The fourth-order valence-corrected chi connectivity index (χ4v) is 5.10. The van der Waals surface area contributed by atoms with Crippen molar-refractivity contribution in [1.29, 1.82) is 0 Å². The molecule has 0 atom stereocenters. The summed E-state index contributed by atoms with van der Waals surface area (Å²) in [7, 11) is 0. The minimum absolute atomic E-state index is 0.156. The summed E-state index contributed by atoms with van der Waals surface area (Å²) in [6.45, 7) is 4.84. The molecule has 1 amide bonds. The van der Waals surface area contributed by atoms with Gasteiger partial charge in [0.15, 0.2) is 0 Å². The van der Waals surface area contributed by atoms with Crippen molar-refractivity contribution in [3.05, 3.63) is 51.2 Å². The largest absolute Gasteiger partial charge is 0.490 e. The molecule has 4 nitrogen and oxygen atoms in total. The fourth-order valence-electron chi connectivity index (χ4n) is 3.95. The molecule has 2 saturated heterocycles. The molecule has 0 saturated carbocycles. The summed E-state index contributed by atoms with van der Waals surface area (Å²) in [4.78, 5) is 19.5. The number of nitrogens with zero attached hydrogens (tertiary/aromatic N) is 2. The molecule has 1 aromatic carbocycles. The summed E-state index contributed by atoms with van der Waals surface area (Å²) >= 11 is 7.58. The normalized spacial score (nSPS) is 19.0. The van der Waals surface area contributed by atoms with Crippen molar-refractivity contribution in [3.63, 3.8) is 0 Å². The third kappa shape index (κ3) is 5.07. The number of carbonyl (C=O) groups is 1. The van der Waals surface area contributed by atoms with E-state index in [-0.39, 0.29) is 12.0 Å². The highest BCUT2D eigenvalue weighted by Crippen LogP contribution is 2.25. The molecule has 0 spiro atoms. The van der Waals surface area contributed by atoms with E-state index in [9.17, 15) is 4.79 Å². The van der Waals surface area contributed by atoms with Crippen molar-refractivity contribution >= 4 is 28.8 Å². The van der Waals surface area contributed by atoms with Gasteiger partial charge in [-0.2, -0.15) is 0 Å². The van der Waals surface area contributed by atoms with E-state index in [1.165, 1.54) is 37.2 Å². The third-order valence-electron chi connectivity index (χ3n) is 5.55. The number of carbonyl (C=O) groups excluding carboxylic acids is 1. The van der Waals surface area contributed by atoms with Gasteiger partial charge in [0.05, 0.1) is 4.88 Å². The topological polar surface area (TPSA) is 32.8 Å². The molecule has 3 heterocycles. The summed E-state index contributed by atoms with van der Waals surface area (Å²) in [6, 6.07) is 11.6. The van der Waals surface area contributed by atoms with Crippen LogP contribution in [0.3, 0.4) is 0 Å². The lowest BCUT2D eigenvalue weighted by molar-refractivity contribution is 0.0600. The summed E-state index contributed by atoms with van der Waals surface area (Å²) in [5.41, 5.74) is 0. The zero-order valence-electron chi connectivity index (χ0n) is 16.1. The Kier molecular flexibility index (Phi) is 6.55. The van der Waals surface area contributed by atoms with Crippen LogP contribution in [0, 0.1) is 0 Å². The number of halogens is 1. The Morgan fingerprint density at radius 2 is 1.71 bits per heavy atom. The van der Waals surface area contributed by atoms with Crippen LogP contribution in [0.5, 0.6) is 5.75 Å². The first kappa shape index (κ1) is 19.7. The highest BCUT2D eigenvalue weighted by molar-refractivity contribution is 7.14. The number of ether oxygens (including phenoxy) is 1. The van der Waals surface area contributed by atoms with Gasteiger partial charge in [0.25, 0.3) is 5.91 Å². The molecule has 2 fully saturated rings. The fraction of sp³-hybridized carbons (Fsp3) is 0.500. The van der Waals surface area contributed by atoms with Gasteiger partial charge in [0.2, 0.25) is 0 Å². The van der Waals surface area contributed by atoms with E-state index in [4.69, 9.17) is 16.3 Å². The van der Waals surface area contributed by atoms with Crippen molar-refractivity contribution in [3.8, 4) is 5.75 Å². The molecule has 150 valence electrons. The van der Waals surface area contributed by atoms with Gasteiger partial charge in [-0.3, -0.25) is 9.69 Å². The van der Waals surface area contributed by atoms with Crippen LogP contribution in [-0.4, -0.2) is 48.0 Å². The predicted octanol–water partition coefficient (Wildman–Crippen LogP) is 5.07. The predicted molar refractivity (Wildman–Crippen MR) is 114 cm³/mol. The zero-order valence-corrected chi connectivity index (χ0v) is 17.7. The Labute approximate surface area is 176 Å². The van der Waals surface area contributed by atoms with Gasteiger partial charge >= 0.3 is 0 Å². The standard InChI is InChI=1S/C22H27ClN2O2S/c23-17-4-6-18(7-5-17)27-19-10-14-25(15-11-19)22(26)21-9-8-20(28-21)16-24-12-2-1-3-13-24/h4-9,19H,1-3,10-16H2. The average molecular weight is 419 g/mol. The number of amides is 1. The molecule has 2 aliphatic rings. The van der Waals surface area contributed by atoms with Crippen LogP contribution in [0.4, 0.5) is 0 Å². The highest BCUT2D eigenvalue weighted by atomic mass is 35.5. The van der Waals surface area contributed by atoms with E-state index >= 15 is 0 Å². The summed E-state index contributed by atoms with van der Waals surface area (Å²) in [6.07, 6.45) is 5.82.